The Morgan fingerprint density at radius 1 is 1.42 bits per heavy atom. The van der Waals surface area contributed by atoms with Gasteiger partial charge < -0.3 is 10.2 Å². The number of halogens is 2. The molecule has 0 aliphatic carbocycles. The van der Waals surface area contributed by atoms with Gasteiger partial charge in [-0.1, -0.05) is 29.3 Å². The lowest BCUT2D eigenvalue weighted by molar-refractivity contribution is -0.130. The van der Waals surface area contributed by atoms with E-state index < -0.39 is 0 Å². The monoisotopic (exact) mass is 300 g/mol. The zero-order valence-electron chi connectivity index (χ0n) is 11.0. The van der Waals surface area contributed by atoms with Crippen molar-refractivity contribution in [2.75, 3.05) is 13.6 Å². The summed E-state index contributed by atoms with van der Waals surface area (Å²) in [7, 11) is 1.82. The quantitative estimate of drug-likeness (QED) is 0.927. The standard InChI is InChI=1S/C14H18Cl2N2O/c1-18(14(19)8-11-3-2-6-17-11)9-10-4-5-12(15)13(16)7-10/h4-5,7,11,17H,2-3,6,8-9H2,1H3. The highest BCUT2D eigenvalue weighted by atomic mass is 35.5. The third kappa shape index (κ3) is 4.10. The molecule has 1 aliphatic heterocycles. The number of amides is 1. The van der Waals surface area contributed by atoms with Crippen molar-refractivity contribution in [2.24, 2.45) is 0 Å². The van der Waals surface area contributed by atoms with Crippen LogP contribution in [0.1, 0.15) is 24.8 Å². The molecule has 1 fully saturated rings. The third-order valence-electron chi connectivity index (χ3n) is 3.41. The van der Waals surface area contributed by atoms with Crippen LogP contribution in [0, 0.1) is 0 Å². The lowest BCUT2D eigenvalue weighted by atomic mass is 10.1. The van der Waals surface area contributed by atoms with Crippen molar-refractivity contribution in [1.29, 1.82) is 0 Å². The average Bonchev–Trinajstić information content (AvgIpc) is 2.86. The highest BCUT2D eigenvalue weighted by molar-refractivity contribution is 6.42. The molecule has 1 aromatic rings. The molecule has 19 heavy (non-hydrogen) atoms. The lowest BCUT2D eigenvalue weighted by Crippen LogP contribution is -2.33. The SMILES string of the molecule is CN(Cc1ccc(Cl)c(Cl)c1)C(=O)CC1CCCN1. The first-order chi connectivity index (χ1) is 9.06. The molecular weight excluding hydrogens is 283 g/mol. The summed E-state index contributed by atoms with van der Waals surface area (Å²) in [5.41, 5.74) is 0.990. The summed E-state index contributed by atoms with van der Waals surface area (Å²) in [6.45, 7) is 1.58. The van der Waals surface area contributed by atoms with Gasteiger partial charge in [0.2, 0.25) is 5.91 Å². The molecule has 1 atom stereocenters. The van der Waals surface area contributed by atoms with E-state index in [1.165, 1.54) is 0 Å². The number of benzene rings is 1. The molecule has 1 amide bonds. The Bertz CT molecular complexity index is 459. The molecule has 1 N–H and O–H groups in total. The third-order valence-corrected chi connectivity index (χ3v) is 4.15. The average molecular weight is 301 g/mol. The number of rotatable bonds is 4. The van der Waals surface area contributed by atoms with Crippen LogP contribution >= 0.6 is 23.2 Å². The van der Waals surface area contributed by atoms with Gasteiger partial charge in [-0.25, -0.2) is 0 Å². The summed E-state index contributed by atoms with van der Waals surface area (Å²) in [4.78, 5) is 13.8. The summed E-state index contributed by atoms with van der Waals surface area (Å²) < 4.78 is 0. The molecule has 0 radical (unpaired) electrons. The minimum absolute atomic E-state index is 0.158. The summed E-state index contributed by atoms with van der Waals surface area (Å²) >= 11 is 11.8. The zero-order chi connectivity index (χ0) is 13.8. The Morgan fingerprint density at radius 2 is 2.21 bits per heavy atom. The molecule has 104 valence electrons. The van der Waals surface area contributed by atoms with Crippen molar-refractivity contribution >= 4 is 29.1 Å². The zero-order valence-corrected chi connectivity index (χ0v) is 12.5. The highest BCUT2D eigenvalue weighted by Gasteiger charge is 2.19. The molecule has 2 rings (SSSR count). The maximum atomic E-state index is 12.1. The normalized spacial score (nSPS) is 18.6. The van der Waals surface area contributed by atoms with E-state index >= 15 is 0 Å². The van der Waals surface area contributed by atoms with Gasteiger partial charge in [0.1, 0.15) is 0 Å². The van der Waals surface area contributed by atoms with Crippen LogP contribution in [0.15, 0.2) is 18.2 Å². The molecule has 1 aromatic carbocycles. The van der Waals surface area contributed by atoms with Crippen LogP contribution in [0.3, 0.4) is 0 Å². The molecule has 1 heterocycles. The van der Waals surface area contributed by atoms with E-state index in [-0.39, 0.29) is 5.91 Å². The summed E-state index contributed by atoms with van der Waals surface area (Å²) in [6, 6.07) is 5.80. The van der Waals surface area contributed by atoms with Gasteiger partial charge in [0.25, 0.3) is 0 Å². The molecule has 5 heteroatoms. The van der Waals surface area contributed by atoms with Crippen molar-refractivity contribution in [3.63, 3.8) is 0 Å². The number of carbonyl (C=O) groups is 1. The topological polar surface area (TPSA) is 32.3 Å². The van der Waals surface area contributed by atoms with Crippen molar-refractivity contribution < 1.29 is 4.79 Å². The van der Waals surface area contributed by atoms with Gasteiger partial charge in [-0.2, -0.15) is 0 Å². The van der Waals surface area contributed by atoms with Gasteiger partial charge in [-0.3, -0.25) is 4.79 Å². The van der Waals surface area contributed by atoms with Crippen LogP contribution in [-0.2, 0) is 11.3 Å². The fourth-order valence-corrected chi connectivity index (χ4v) is 2.62. The first kappa shape index (κ1) is 14.6. The molecule has 0 aromatic heterocycles. The van der Waals surface area contributed by atoms with Crippen molar-refractivity contribution in [2.45, 2.75) is 31.8 Å². The second kappa shape index (κ2) is 6.60. The van der Waals surface area contributed by atoms with Crippen LogP contribution in [-0.4, -0.2) is 30.4 Å². The van der Waals surface area contributed by atoms with Crippen molar-refractivity contribution in [1.82, 2.24) is 10.2 Å². The van der Waals surface area contributed by atoms with E-state index in [1.54, 1.807) is 11.0 Å². The number of nitrogens with one attached hydrogen (secondary N) is 1. The van der Waals surface area contributed by atoms with E-state index in [1.807, 2.05) is 19.2 Å². The van der Waals surface area contributed by atoms with Gasteiger partial charge in [0, 0.05) is 26.1 Å². The van der Waals surface area contributed by atoms with Crippen LogP contribution in [0.2, 0.25) is 10.0 Å². The van der Waals surface area contributed by atoms with Gasteiger partial charge in [-0.15, -0.1) is 0 Å². The maximum absolute atomic E-state index is 12.1. The predicted molar refractivity (Wildman–Crippen MR) is 78.6 cm³/mol. The molecule has 0 saturated carbocycles. The highest BCUT2D eigenvalue weighted by Crippen LogP contribution is 2.23. The predicted octanol–water partition coefficient (Wildman–Crippen LogP) is 3.09. The Morgan fingerprint density at radius 3 is 2.84 bits per heavy atom. The van der Waals surface area contributed by atoms with Crippen molar-refractivity contribution in [3.8, 4) is 0 Å². The van der Waals surface area contributed by atoms with Gasteiger partial charge >= 0.3 is 0 Å². The number of hydrogen-bond donors (Lipinski definition) is 1. The minimum Gasteiger partial charge on any atom is -0.341 e. The second-order valence-electron chi connectivity index (χ2n) is 5.00. The molecule has 1 aliphatic rings. The van der Waals surface area contributed by atoms with Crippen LogP contribution in [0.5, 0.6) is 0 Å². The molecule has 3 nitrogen and oxygen atoms in total. The smallest absolute Gasteiger partial charge is 0.224 e. The Labute approximate surface area is 123 Å². The number of nitrogens with zero attached hydrogens (tertiary/aromatic N) is 1. The Hall–Kier alpha value is -0.770. The second-order valence-corrected chi connectivity index (χ2v) is 5.81. The van der Waals surface area contributed by atoms with E-state index in [2.05, 4.69) is 5.32 Å². The first-order valence-corrected chi connectivity index (χ1v) is 7.23. The van der Waals surface area contributed by atoms with Gasteiger partial charge in [0.05, 0.1) is 10.0 Å². The maximum Gasteiger partial charge on any atom is 0.224 e. The molecule has 1 unspecified atom stereocenters. The van der Waals surface area contributed by atoms with Crippen molar-refractivity contribution in [3.05, 3.63) is 33.8 Å². The molecule has 1 saturated heterocycles. The summed E-state index contributed by atoms with van der Waals surface area (Å²) in [5.74, 6) is 0.158. The van der Waals surface area contributed by atoms with Gasteiger partial charge in [-0.05, 0) is 37.1 Å². The number of hydrogen-bond acceptors (Lipinski definition) is 2. The van der Waals surface area contributed by atoms with Gasteiger partial charge in [0.15, 0.2) is 0 Å². The van der Waals surface area contributed by atoms with Crippen LogP contribution in [0.4, 0.5) is 0 Å². The fourth-order valence-electron chi connectivity index (χ4n) is 2.30. The van der Waals surface area contributed by atoms with E-state index in [0.717, 1.165) is 24.9 Å². The molecule has 0 bridgehead atoms. The first-order valence-electron chi connectivity index (χ1n) is 6.47. The summed E-state index contributed by atoms with van der Waals surface area (Å²) in [5, 5.41) is 4.40. The largest absolute Gasteiger partial charge is 0.341 e. The van der Waals surface area contributed by atoms with E-state index in [9.17, 15) is 4.79 Å². The summed E-state index contributed by atoms with van der Waals surface area (Å²) in [6.07, 6.45) is 2.82. The molecular formula is C14H18Cl2N2O. The Balaban J connectivity index is 1.90. The Kier molecular flexibility index (Phi) is 5.08. The lowest BCUT2D eigenvalue weighted by Gasteiger charge is -2.19. The molecule has 0 spiro atoms. The van der Waals surface area contributed by atoms with E-state index in [0.29, 0.717) is 29.1 Å². The van der Waals surface area contributed by atoms with Crippen LogP contribution in [0.25, 0.3) is 0 Å². The van der Waals surface area contributed by atoms with E-state index in [4.69, 9.17) is 23.2 Å². The minimum atomic E-state index is 0.158. The number of carbonyl (C=O) groups excluding carboxylic acids is 1. The fraction of sp³-hybridized carbons (Fsp3) is 0.500. The van der Waals surface area contributed by atoms with Crippen LogP contribution < -0.4 is 5.32 Å².